The lowest BCUT2D eigenvalue weighted by Gasteiger charge is -2.33. The lowest BCUT2D eigenvalue weighted by atomic mass is 9.85. The second-order valence-electron chi connectivity index (χ2n) is 6.64. The molecule has 1 aliphatic heterocycles. The third-order valence-corrected chi connectivity index (χ3v) is 6.69. The summed E-state index contributed by atoms with van der Waals surface area (Å²) in [7, 11) is -2.09. The molecule has 1 aromatic rings. The molecule has 1 saturated heterocycles. The van der Waals surface area contributed by atoms with Crippen LogP contribution in [0.3, 0.4) is 0 Å². The maximum Gasteiger partial charge on any atom is 0.254 e. The number of carbonyl (C=O) groups excluding carboxylic acids is 1. The van der Waals surface area contributed by atoms with E-state index >= 15 is 0 Å². The molecular formula is C17H24N2O3S. The van der Waals surface area contributed by atoms with E-state index in [9.17, 15) is 13.2 Å². The Bertz CT molecular complexity index is 684. The Balaban J connectivity index is 1.83. The molecule has 126 valence electrons. The topological polar surface area (TPSA) is 66.5 Å². The summed E-state index contributed by atoms with van der Waals surface area (Å²) in [6.45, 7) is 2.12. The first-order chi connectivity index (χ1) is 10.9. The number of hydrogen-bond acceptors (Lipinski definition) is 3. The second kappa shape index (κ2) is 6.24. The molecule has 23 heavy (non-hydrogen) atoms. The first-order valence-corrected chi connectivity index (χ1v) is 9.78. The van der Waals surface area contributed by atoms with Gasteiger partial charge in [-0.25, -0.2) is 13.1 Å². The Morgan fingerprint density at radius 3 is 2.48 bits per heavy atom. The lowest BCUT2D eigenvalue weighted by Crippen LogP contribution is -2.42. The molecule has 1 heterocycles. The van der Waals surface area contributed by atoms with Crippen LogP contribution in [0.4, 0.5) is 0 Å². The van der Waals surface area contributed by atoms with Gasteiger partial charge in [0.25, 0.3) is 5.91 Å². The fourth-order valence-electron chi connectivity index (χ4n) is 4.10. The van der Waals surface area contributed by atoms with Gasteiger partial charge in [0.05, 0.1) is 4.90 Å². The molecule has 3 atom stereocenters. The highest BCUT2D eigenvalue weighted by molar-refractivity contribution is 7.89. The molecule has 1 N–H and O–H groups in total. The summed E-state index contributed by atoms with van der Waals surface area (Å²) in [6, 6.07) is 6.85. The summed E-state index contributed by atoms with van der Waals surface area (Å²) in [6.07, 6.45) is 5.86. The molecular weight excluding hydrogens is 312 g/mol. The van der Waals surface area contributed by atoms with Crippen LogP contribution in [0.1, 0.15) is 49.4 Å². The molecule has 0 spiro atoms. The van der Waals surface area contributed by atoms with Gasteiger partial charge in [0.1, 0.15) is 0 Å². The van der Waals surface area contributed by atoms with Gasteiger partial charge in [-0.15, -0.1) is 0 Å². The van der Waals surface area contributed by atoms with Gasteiger partial charge < -0.3 is 4.90 Å². The fourth-order valence-corrected chi connectivity index (χ4v) is 4.83. The summed E-state index contributed by atoms with van der Waals surface area (Å²) in [5, 5.41) is 0. The lowest BCUT2D eigenvalue weighted by molar-refractivity contribution is 0.0633. The Morgan fingerprint density at radius 2 is 1.83 bits per heavy atom. The quantitative estimate of drug-likeness (QED) is 0.921. The number of hydrogen-bond donors (Lipinski definition) is 1. The van der Waals surface area contributed by atoms with E-state index < -0.39 is 10.0 Å². The van der Waals surface area contributed by atoms with Crippen LogP contribution in [-0.4, -0.2) is 38.4 Å². The molecule has 1 saturated carbocycles. The average molecular weight is 336 g/mol. The first-order valence-electron chi connectivity index (χ1n) is 8.30. The zero-order valence-corrected chi connectivity index (χ0v) is 14.5. The van der Waals surface area contributed by atoms with Crippen molar-refractivity contribution in [1.82, 2.24) is 9.62 Å². The molecule has 1 aromatic carbocycles. The van der Waals surface area contributed by atoms with Crippen molar-refractivity contribution in [3.05, 3.63) is 29.8 Å². The van der Waals surface area contributed by atoms with Crippen molar-refractivity contribution >= 4 is 15.9 Å². The van der Waals surface area contributed by atoms with Gasteiger partial charge in [-0.3, -0.25) is 4.79 Å². The highest BCUT2D eigenvalue weighted by Gasteiger charge is 2.42. The van der Waals surface area contributed by atoms with Gasteiger partial charge in [0.2, 0.25) is 10.0 Å². The minimum Gasteiger partial charge on any atom is -0.333 e. The SMILES string of the molecule is CNS(=O)(=O)c1ccc(C(=O)N2[C@H](C)C[C@@H]3CCCC[C@@H]32)cc1. The van der Waals surface area contributed by atoms with E-state index in [1.165, 1.54) is 38.4 Å². The molecule has 1 aliphatic carbocycles. The van der Waals surface area contributed by atoms with E-state index in [1.807, 2.05) is 4.90 Å². The number of sulfonamides is 1. The normalized spacial score (nSPS) is 27.7. The maximum atomic E-state index is 12.9. The third kappa shape index (κ3) is 3.02. The highest BCUT2D eigenvalue weighted by Crippen LogP contribution is 2.40. The third-order valence-electron chi connectivity index (χ3n) is 5.26. The summed E-state index contributed by atoms with van der Waals surface area (Å²) >= 11 is 0. The van der Waals surface area contributed by atoms with E-state index in [2.05, 4.69) is 11.6 Å². The van der Waals surface area contributed by atoms with Gasteiger partial charge >= 0.3 is 0 Å². The zero-order chi connectivity index (χ0) is 16.6. The van der Waals surface area contributed by atoms with Gasteiger partial charge in [0, 0.05) is 17.6 Å². The van der Waals surface area contributed by atoms with Crippen LogP contribution in [-0.2, 0) is 10.0 Å². The number of nitrogens with one attached hydrogen (secondary N) is 1. The summed E-state index contributed by atoms with van der Waals surface area (Å²) < 4.78 is 25.8. The van der Waals surface area contributed by atoms with Gasteiger partial charge in [-0.2, -0.15) is 0 Å². The number of nitrogens with zero attached hydrogens (tertiary/aromatic N) is 1. The van der Waals surface area contributed by atoms with Gasteiger partial charge in [-0.1, -0.05) is 12.8 Å². The van der Waals surface area contributed by atoms with Gasteiger partial charge in [0.15, 0.2) is 0 Å². The number of rotatable bonds is 3. The van der Waals surface area contributed by atoms with Crippen molar-refractivity contribution in [1.29, 1.82) is 0 Å². The molecule has 1 amide bonds. The maximum absolute atomic E-state index is 12.9. The van der Waals surface area contributed by atoms with E-state index in [-0.39, 0.29) is 16.8 Å². The van der Waals surface area contributed by atoms with E-state index in [1.54, 1.807) is 12.1 Å². The van der Waals surface area contributed by atoms with Crippen LogP contribution in [0.2, 0.25) is 0 Å². The molecule has 3 rings (SSSR count). The number of amides is 1. The smallest absolute Gasteiger partial charge is 0.254 e. The second-order valence-corrected chi connectivity index (χ2v) is 8.53. The van der Waals surface area contributed by atoms with Crippen LogP contribution in [0.5, 0.6) is 0 Å². The van der Waals surface area contributed by atoms with Crippen LogP contribution < -0.4 is 4.72 Å². The summed E-state index contributed by atoms with van der Waals surface area (Å²) in [5.41, 5.74) is 0.568. The predicted molar refractivity (Wildman–Crippen MR) is 88.7 cm³/mol. The van der Waals surface area contributed by atoms with E-state index in [4.69, 9.17) is 0 Å². The molecule has 0 unspecified atom stereocenters. The summed E-state index contributed by atoms with van der Waals surface area (Å²) in [5.74, 6) is 0.659. The van der Waals surface area contributed by atoms with E-state index in [0.717, 1.165) is 12.8 Å². The molecule has 5 nitrogen and oxygen atoms in total. The Morgan fingerprint density at radius 1 is 1.17 bits per heavy atom. The molecule has 0 bridgehead atoms. The Kier molecular flexibility index (Phi) is 4.47. The van der Waals surface area contributed by atoms with E-state index in [0.29, 0.717) is 17.5 Å². The van der Waals surface area contributed by atoms with Crippen LogP contribution >= 0.6 is 0 Å². The summed E-state index contributed by atoms with van der Waals surface area (Å²) in [4.78, 5) is 15.1. The van der Waals surface area contributed by atoms with Crippen molar-refractivity contribution in [2.24, 2.45) is 5.92 Å². The molecule has 6 heteroatoms. The van der Waals surface area contributed by atoms with Crippen molar-refractivity contribution in [3.8, 4) is 0 Å². The van der Waals surface area contributed by atoms with Crippen molar-refractivity contribution in [2.75, 3.05) is 7.05 Å². The minimum absolute atomic E-state index is 0.0281. The minimum atomic E-state index is -3.46. The average Bonchev–Trinajstić information content (AvgIpc) is 2.90. The highest BCUT2D eigenvalue weighted by atomic mass is 32.2. The number of fused-ring (bicyclic) bond motifs is 1. The predicted octanol–water partition coefficient (Wildman–Crippen LogP) is 2.39. The monoisotopic (exact) mass is 336 g/mol. The van der Waals surface area contributed by atoms with Crippen LogP contribution in [0, 0.1) is 5.92 Å². The number of benzene rings is 1. The molecule has 0 aromatic heterocycles. The van der Waals surface area contributed by atoms with Crippen molar-refractivity contribution < 1.29 is 13.2 Å². The molecule has 2 fully saturated rings. The first kappa shape index (κ1) is 16.5. The van der Waals surface area contributed by atoms with Crippen LogP contribution in [0.15, 0.2) is 29.2 Å². The van der Waals surface area contributed by atoms with Crippen molar-refractivity contribution in [2.45, 2.75) is 56.0 Å². The standard InChI is InChI=1S/C17H24N2O3S/c1-12-11-14-5-3-4-6-16(14)19(12)17(20)13-7-9-15(10-8-13)23(21,22)18-2/h7-10,12,14,16,18H,3-6,11H2,1-2H3/t12-,14+,16+/m1/s1. The Hall–Kier alpha value is -1.40. The van der Waals surface area contributed by atoms with Gasteiger partial charge in [-0.05, 0) is 63.4 Å². The zero-order valence-electron chi connectivity index (χ0n) is 13.7. The number of likely N-dealkylation sites (tertiary alicyclic amines) is 1. The fraction of sp³-hybridized carbons (Fsp3) is 0.588. The number of carbonyl (C=O) groups is 1. The molecule has 0 radical (unpaired) electrons. The molecule has 2 aliphatic rings. The largest absolute Gasteiger partial charge is 0.333 e. The van der Waals surface area contributed by atoms with Crippen molar-refractivity contribution in [3.63, 3.8) is 0 Å². The van der Waals surface area contributed by atoms with Crippen LogP contribution in [0.25, 0.3) is 0 Å². The Labute approximate surface area is 138 Å².